The molecule has 4 rings (SSSR count). The number of carbonyl (C=O) groups excluding carboxylic acids is 2. The number of amides is 2. The predicted molar refractivity (Wildman–Crippen MR) is 117 cm³/mol. The predicted octanol–water partition coefficient (Wildman–Crippen LogP) is 4.54. The molecule has 0 aromatic heterocycles. The lowest BCUT2D eigenvalue weighted by Crippen LogP contribution is -2.25. The molecule has 0 unspecified atom stereocenters. The van der Waals surface area contributed by atoms with Gasteiger partial charge in [0.05, 0.1) is 0 Å². The zero-order chi connectivity index (χ0) is 20.5. The minimum atomic E-state index is 0.00684. The number of rotatable bonds is 6. The van der Waals surface area contributed by atoms with Crippen molar-refractivity contribution in [3.8, 4) is 11.1 Å². The Morgan fingerprint density at radius 3 is 2.14 bits per heavy atom. The molecule has 2 N–H and O–H groups in total. The molecule has 2 amide bonds. The van der Waals surface area contributed by atoms with Crippen molar-refractivity contribution >= 4 is 17.9 Å². The van der Waals surface area contributed by atoms with E-state index in [2.05, 4.69) is 36.6 Å². The molecule has 4 nitrogen and oxygen atoms in total. The van der Waals surface area contributed by atoms with Crippen LogP contribution in [0.3, 0.4) is 0 Å². The van der Waals surface area contributed by atoms with Crippen LogP contribution in [0.15, 0.2) is 42.0 Å². The van der Waals surface area contributed by atoms with E-state index in [1.807, 2.05) is 37.3 Å². The first-order valence-corrected chi connectivity index (χ1v) is 10.4. The average molecular weight is 389 g/mol. The van der Waals surface area contributed by atoms with E-state index in [4.69, 9.17) is 0 Å². The molecule has 2 aromatic carbocycles. The van der Waals surface area contributed by atoms with Crippen molar-refractivity contribution in [1.29, 1.82) is 0 Å². The molecule has 29 heavy (non-hydrogen) atoms. The van der Waals surface area contributed by atoms with Gasteiger partial charge in [-0.15, -0.1) is 0 Å². The lowest BCUT2D eigenvalue weighted by molar-refractivity contribution is -0.117. The van der Waals surface area contributed by atoms with Gasteiger partial charge in [0, 0.05) is 23.2 Å². The minimum absolute atomic E-state index is 0.00684. The van der Waals surface area contributed by atoms with E-state index in [-0.39, 0.29) is 11.8 Å². The summed E-state index contributed by atoms with van der Waals surface area (Å²) < 4.78 is 0. The van der Waals surface area contributed by atoms with Crippen LogP contribution in [0.2, 0.25) is 0 Å². The zero-order valence-electron chi connectivity index (χ0n) is 17.3. The number of hydrogen-bond donors (Lipinski definition) is 2. The standard InChI is InChI=1S/C25H28N2O2/c1-15-14-23(18-4-6-19(7-5-18)25(29)27-22-10-11-22)16(2)12-20(15)13-17(3)24(28)26-21-8-9-21/h4-7,12-14,21-22H,8-11H2,1-3H3,(H,26,28)(H,27,29)/b17-13+. The number of carbonyl (C=O) groups is 2. The van der Waals surface area contributed by atoms with Gasteiger partial charge in [0.15, 0.2) is 0 Å². The molecule has 2 fully saturated rings. The summed E-state index contributed by atoms with van der Waals surface area (Å²) in [5, 5.41) is 6.06. The van der Waals surface area contributed by atoms with Gasteiger partial charge in [0.25, 0.3) is 5.91 Å². The molecular weight excluding hydrogens is 360 g/mol. The SMILES string of the molecule is C/C(=C\c1cc(C)c(-c2ccc(C(=O)NC3CC3)cc2)cc1C)C(=O)NC1CC1. The second-order valence-corrected chi connectivity index (χ2v) is 8.42. The Balaban J connectivity index is 1.53. The number of aryl methyl sites for hydroxylation is 2. The van der Waals surface area contributed by atoms with Gasteiger partial charge in [-0.1, -0.05) is 24.3 Å². The average Bonchev–Trinajstić information content (AvgIpc) is 3.61. The normalized spacial score (nSPS) is 16.4. The summed E-state index contributed by atoms with van der Waals surface area (Å²) in [6.07, 6.45) is 6.32. The van der Waals surface area contributed by atoms with Crippen molar-refractivity contribution in [2.24, 2.45) is 0 Å². The van der Waals surface area contributed by atoms with Crippen LogP contribution in [0.25, 0.3) is 17.2 Å². The maximum absolute atomic E-state index is 12.2. The smallest absolute Gasteiger partial charge is 0.251 e. The summed E-state index contributed by atoms with van der Waals surface area (Å²) in [5.74, 6) is 0.0288. The fraction of sp³-hybridized carbons (Fsp3) is 0.360. The summed E-state index contributed by atoms with van der Waals surface area (Å²) in [6.45, 7) is 6.02. The van der Waals surface area contributed by atoms with Crippen LogP contribution < -0.4 is 10.6 Å². The van der Waals surface area contributed by atoms with Crippen molar-refractivity contribution in [2.75, 3.05) is 0 Å². The monoisotopic (exact) mass is 388 g/mol. The summed E-state index contributed by atoms with van der Waals surface area (Å²) in [4.78, 5) is 24.4. The Labute approximate surface area is 172 Å². The fourth-order valence-electron chi connectivity index (χ4n) is 3.43. The third kappa shape index (κ3) is 4.76. The van der Waals surface area contributed by atoms with E-state index in [1.165, 1.54) is 0 Å². The van der Waals surface area contributed by atoms with Gasteiger partial charge in [-0.05, 0) is 92.5 Å². The van der Waals surface area contributed by atoms with E-state index < -0.39 is 0 Å². The second kappa shape index (κ2) is 7.86. The van der Waals surface area contributed by atoms with E-state index >= 15 is 0 Å². The highest BCUT2D eigenvalue weighted by Crippen LogP contribution is 2.28. The molecule has 2 aromatic rings. The van der Waals surface area contributed by atoms with Gasteiger partial charge in [0.1, 0.15) is 0 Å². The Morgan fingerprint density at radius 2 is 1.52 bits per heavy atom. The largest absolute Gasteiger partial charge is 0.350 e. The first-order chi connectivity index (χ1) is 13.9. The van der Waals surface area contributed by atoms with Gasteiger partial charge in [-0.3, -0.25) is 9.59 Å². The fourth-order valence-corrected chi connectivity index (χ4v) is 3.43. The Bertz CT molecular complexity index is 981. The highest BCUT2D eigenvalue weighted by atomic mass is 16.2. The van der Waals surface area contributed by atoms with Gasteiger partial charge >= 0.3 is 0 Å². The molecule has 0 heterocycles. The van der Waals surface area contributed by atoms with Crippen LogP contribution in [-0.2, 0) is 4.79 Å². The van der Waals surface area contributed by atoms with Crippen LogP contribution in [0, 0.1) is 13.8 Å². The highest BCUT2D eigenvalue weighted by molar-refractivity contribution is 5.98. The summed E-state index contributed by atoms with van der Waals surface area (Å²) in [6, 6.07) is 12.8. The number of benzene rings is 2. The van der Waals surface area contributed by atoms with E-state index in [0.717, 1.165) is 59.1 Å². The molecular formula is C25H28N2O2. The lowest BCUT2D eigenvalue weighted by Gasteiger charge is -2.12. The number of nitrogens with one attached hydrogen (secondary N) is 2. The van der Waals surface area contributed by atoms with Crippen LogP contribution in [0.5, 0.6) is 0 Å². The maximum Gasteiger partial charge on any atom is 0.251 e. The second-order valence-electron chi connectivity index (χ2n) is 8.42. The third-order valence-electron chi connectivity index (χ3n) is 5.63. The van der Waals surface area contributed by atoms with Crippen LogP contribution >= 0.6 is 0 Å². The van der Waals surface area contributed by atoms with Crippen molar-refractivity contribution in [1.82, 2.24) is 10.6 Å². The van der Waals surface area contributed by atoms with Gasteiger partial charge in [-0.2, -0.15) is 0 Å². The van der Waals surface area contributed by atoms with Crippen LogP contribution in [0.4, 0.5) is 0 Å². The molecule has 0 atom stereocenters. The lowest BCUT2D eigenvalue weighted by atomic mass is 9.93. The molecule has 150 valence electrons. The molecule has 0 aliphatic heterocycles. The van der Waals surface area contributed by atoms with Gasteiger partial charge in [0.2, 0.25) is 5.91 Å². The first-order valence-electron chi connectivity index (χ1n) is 10.4. The molecule has 2 aliphatic rings. The molecule has 0 radical (unpaired) electrons. The number of hydrogen-bond acceptors (Lipinski definition) is 2. The van der Waals surface area contributed by atoms with Crippen molar-refractivity contribution in [2.45, 2.75) is 58.5 Å². The first kappa shape index (κ1) is 19.4. The van der Waals surface area contributed by atoms with Crippen molar-refractivity contribution in [3.05, 3.63) is 64.2 Å². The topological polar surface area (TPSA) is 58.2 Å². The van der Waals surface area contributed by atoms with Crippen LogP contribution in [0.1, 0.15) is 59.7 Å². The Morgan fingerprint density at radius 1 is 0.897 bits per heavy atom. The molecule has 4 heteroatoms. The molecule has 0 spiro atoms. The minimum Gasteiger partial charge on any atom is -0.350 e. The summed E-state index contributed by atoms with van der Waals surface area (Å²) >= 11 is 0. The molecule has 0 saturated heterocycles. The molecule has 0 bridgehead atoms. The van der Waals surface area contributed by atoms with Crippen molar-refractivity contribution in [3.63, 3.8) is 0 Å². The van der Waals surface area contributed by atoms with E-state index in [1.54, 1.807) is 0 Å². The third-order valence-corrected chi connectivity index (χ3v) is 5.63. The Kier molecular flexibility index (Phi) is 5.27. The zero-order valence-corrected chi connectivity index (χ0v) is 17.3. The quantitative estimate of drug-likeness (QED) is 0.714. The summed E-state index contributed by atoms with van der Waals surface area (Å²) in [7, 11) is 0. The van der Waals surface area contributed by atoms with Gasteiger partial charge < -0.3 is 10.6 Å². The van der Waals surface area contributed by atoms with Crippen LogP contribution in [-0.4, -0.2) is 23.9 Å². The molecule has 2 saturated carbocycles. The summed E-state index contributed by atoms with van der Waals surface area (Å²) in [5.41, 5.74) is 7.01. The van der Waals surface area contributed by atoms with Crippen molar-refractivity contribution < 1.29 is 9.59 Å². The molecule has 2 aliphatic carbocycles. The highest BCUT2D eigenvalue weighted by Gasteiger charge is 2.24. The van der Waals surface area contributed by atoms with Gasteiger partial charge in [-0.25, -0.2) is 0 Å². The van der Waals surface area contributed by atoms with E-state index in [9.17, 15) is 9.59 Å². The maximum atomic E-state index is 12.2. The Hall–Kier alpha value is -2.88. The van der Waals surface area contributed by atoms with E-state index in [0.29, 0.717) is 17.6 Å².